The number of anilines is 1. The number of hydrogen-bond donors (Lipinski definition) is 2. The van der Waals surface area contributed by atoms with E-state index in [9.17, 15) is 4.79 Å². The summed E-state index contributed by atoms with van der Waals surface area (Å²) in [5.74, 6) is 1.59. The summed E-state index contributed by atoms with van der Waals surface area (Å²) in [5, 5.41) is 7.56. The minimum absolute atomic E-state index is 0.135. The number of benzene rings is 1. The van der Waals surface area contributed by atoms with Crippen molar-refractivity contribution in [2.45, 2.75) is 70.1 Å². The zero-order valence-corrected chi connectivity index (χ0v) is 17.0. The molecule has 29 heavy (non-hydrogen) atoms. The van der Waals surface area contributed by atoms with Crippen molar-refractivity contribution in [2.24, 2.45) is 0 Å². The van der Waals surface area contributed by atoms with Crippen molar-refractivity contribution in [3.05, 3.63) is 24.4 Å². The van der Waals surface area contributed by atoms with Gasteiger partial charge >= 0.3 is 0 Å². The van der Waals surface area contributed by atoms with Gasteiger partial charge in [-0.3, -0.25) is 4.79 Å². The average Bonchev–Trinajstić information content (AvgIpc) is 2.76. The molecule has 156 valence electrons. The molecule has 2 aromatic rings. The number of ether oxygens (including phenoxy) is 2. The molecule has 2 N–H and O–H groups in total. The zero-order chi connectivity index (χ0) is 20.1. The third kappa shape index (κ3) is 5.15. The Hall–Kier alpha value is -2.41. The number of amides is 1. The minimum Gasteiger partial charge on any atom is -0.488 e. The second kappa shape index (κ2) is 9.39. The third-order valence-corrected chi connectivity index (χ3v) is 5.78. The van der Waals surface area contributed by atoms with Crippen LogP contribution in [0.2, 0.25) is 0 Å². The van der Waals surface area contributed by atoms with Gasteiger partial charge in [0.2, 0.25) is 11.9 Å². The van der Waals surface area contributed by atoms with Gasteiger partial charge in [0.05, 0.1) is 13.2 Å². The van der Waals surface area contributed by atoms with Crippen LogP contribution in [0.15, 0.2) is 24.4 Å². The molecule has 2 fully saturated rings. The number of aromatic nitrogens is 2. The van der Waals surface area contributed by atoms with Gasteiger partial charge in [-0.1, -0.05) is 19.1 Å². The van der Waals surface area contributed by atoms with Gasteiger partial charge in [-0.05, 0) is 31.7 Å². The SMILES string of the molecule is CCC(=O)N[C@H]1CC[C@H](Nc2ncc3cccc(OC4CCOCC4)c3n2)CC1. The van der Waals surface area contributed by atoms with Gasteiger partial charge in [0.15, 0.2) is 0 Å². The summed E-state index contributed by atoms with van der Waals surface area (Å²) >= 11 is 0. The van der Waals surface area contributed by atoms with Crippen LogP contribution in [0.1, 0.15) is 51.9 Å². The smallest absolute Gasteiger partial charge is 0.223 e. The fourth-order valence-electron chi connectivity index (χ4n) is 4.06. The summed E-state index contributed by atoms with van der Waals surface area (Å²) in [6.07, 6.45) is 8.34. The van der Waals surface area contributed by atoms with Gasteiger partial charge in [-0.25, -0.2) is 9.97 Å². The summed E-state index contributed by atoms with van der Waals surface area (Å²) in [5.41, 5.74) is 0.848. The number of rotatable bonds is 6. The van der Waals surface area contributed by atoms with E-state index in [0.29, 0.717) is 18.4 Å². The van der Waals surface area contributed by atoms with Gasteiger partial charge in [-0.2, -0.15) is 0 Å². The standard InChI is InChI=1S/C22H30N4O3/c1-2-20(27)24-16-6-8-17(9-7-16)25-22-23-14-15-4-3-5-19(21(15)26-22)29-18-10-12-28-13-11-18/h3-5,14,16-18H,2,6-13H2,1H3,(H,24,27)(H,23,25,26)/t16-,17-. The van der Waals surface area contributed by atoms with Crippen molar-refractivity contribution in [1.82, 2.24) is 15.3 Å². The molecule has 2 aliphatic rings. The second-order valence-electron chi connectivity index (χ2n) is 7.93. The summed E-state index contributed by atoms with van der Waals surface area (Å²) < 4.78 is 11.7. The Morgan fingerprint density at radius 1 is 1.14 bits per heavy atom. The highest BCUT2D eigenvalue weighted by molar-refractivity contribution is 5.84. The molecule has 1 aromatic carbocycles. The molecule has 0 atom stereocenters. The number of nitrogens with zero attached hydrogens (tertiary/aromatic N) is 2. The lowest BCUT2D eigenvalue weighted by atomic mass is 9.91. The molecule has 1 aromatic heterocycles. The molecule has 7 nitrogen and oxygen atoms in total. The Morgan fingerprint density at radius 3 is 2.66 bits per heavy atom. The van der Waals surface area contributed by atoms with Gasteiger partial charge in [-0.15, -0.1) is 0 Å². The molecule has 1 amide bonds. The van der Waals surface area contributed by atoms with Crippen molar-refractivity contribution < 1.29 is 14.3 Å². The highest BCUT2D eigenvalue weighted by atomic mass is 16.5. The number of hydrogen-bond acceptors (Lipinski definition) is 6. The minimum atomic E-state index is 0.135. The molecule has 1 aliphatic heterocycles. The molecule has 0 radical (unpaired) electrons. The molecule has 1 aliphatic carbocycles. The van der Waals surface area contributed by atoms with Crippen molar-refractivity contribution in [1.29, 1.82) is 0 Å². The Morgan fingerprint density at radius 2 is 1.90 bits per heavy atom. The van der Waals surface area contributed by atoms with E-state index >= 15 is 0 Å². The van der Waals surface area contributed by atoms with Crippen LogP contribution in [0, 0.1) is 0 Å². The Kier molecular flexibility index (Phi) is 6.44. The van der Waals surface area contributed by atoms with Crippen LogP contribution in [-0.4, -0.2) is 47.3 Å². The van der Waals surface area contributed by atoms with Gasteiger partial charge < -0.3 is 20.1 Å². The molecule has 4 rings (SSSR count). The van der Waals surface area contributed by atoms with E-state index in [0.717, 1.165) is 68.4 Å². The van der Waals surface area contributed by atoms with Crippen LogP contribution in [0.5, 0.6) is 5.75 Å². The monoisotopic (exact) mass is 398 g/mol. The normalized spacial score (nSPS) is 22.9. The largest absolute Gasteiger partial charge is 0.488 e. The van der Waals surface area contributed by atoms with Crippen LogP contribution in [0.25, 0.3) is 10.9 Å². The van der Waals surface area contributed by atoms with Crippen molar-refractivity contribution >= 4 is 22.8 Å². The topological polar surface area (TPSA) is 85.4 Å². The first kappa shape index (κ1) is 19.9. The van der Waals surface area contributed by atoms with E-state index in [1.165, 1.54) is 0 Å². The van der Waals surface area contributed by atoms with E-state index in [1.807, 2.05) is 31.3 Å². The molecular formula is C22H30N4O3. The van der Waals surface area contributed by atoms with Gasteiger partial charge in [0.25, 0.3) is 0 Å². The molecule has 1 saturated heterocycles. The Balaban J connectivity index is 1.41. The summed E-state index contributed by atoms with van der Waals surface area (Å²) in [7, 11) is 0. The maximum Gasteiger partial charge on any atom is 0.223 e. The second-order valence-corrected chi connectivity index (χ2v) is 7.93. The highest BCUT2D eigenvalue weighted by Crippen LogP contribution is 2.28. The molecule has 1 saturated carbocycles. The highest BCUT2D eigenvalue weighted by Gasteiger charge is 2.23. The van der Waals surface area contributed by atoms with Crippen molar-refractivity contribution in [2.75, 3.05) is 18.5 Å². The molecular weight excluding hydrogens is 368 g/mol. The van der Waals surface area contributed by atoms with E-state index in [1.54, 1.807) is 0 Å². The summed E-state index contributed by atoms with van der Waals surface area (Å²) in [4.78, 5) is 20.9. The fraction of sp³-hybridized carbons (Fsp3) is 0.591. The average molecular weight is 399 g/mol. The van der Waals surface area contributed by atoms with Crippen LogP contribution in [-0.2, 0) is 9.53 Å². The number of carbonyl (C=O) groups excluding carboxylic acids is 1. The zero-order valence-electron chi connectivity index (χ0n) is 17.0. The van der Waals surface area contributed by atoms with E-state index in [4.69, 9.17) is 14.5 Å². The maximum atomic E-state index is 11.6. The van der Waals surface area contributed by atoms with Crippen LogP contribution >= 0.6 is 0 Å². The van der Waals surface area contributed by atoms with Crippen molar-refractivity contribution in [3.8, 4) is 5.75 Å². The van der Waals surface area contributed by atoms with E-state index in [2.05, 4.69) is 15.6 Å². The first-order valence-corrected chi connectivity index (χ1v) is 10.8. The molecule has 0 unspecified atom stereocenters. The van der Waals surface area contributed by atoms with Crippen LogP contribution in [0.4, 0.5) is 5.95 Å². The molecule has 0 bridgehead atoms. The lowest BCUT2D eigenvalue weighted by molar-refractivity contribution is -0.121. The Bertz CT molecular complexity index is 830. The third-order valence-electron chi connectivity index (χ3n) is 5.78. The molecule has 7 heteroatoms. The predicted molar refractivity (Wildman–Crippen MR) is 112 cm³/mol. The predicted octanol–water partition coefficient (Wildman–Crippen LogP) is 3.44. The number of nitrogens with one attached hydrogen (secondary N) is 2. The molecule has 0 spiro atoms. The summed E-state index contributed by atoms with van der Waals surface area (Å²) in [6, 6.07) is 6.59. The van der Waals surface area contributed by atoms with E-state index < -0.39 is 0 Å². The number of para-hydroxylation sites is 1. The van der Waals surface area contributed by atoms with Gasteiger partial charge in [0, 0.05) is 42.9 Å². The quantitative estimate of drug-likeness (QED) is 0.775. The van der Waals surface area contributed by atoms with Gasteiger partial charge in [0.1, 0.15) is 17.4 Å². The maximum absolute atomic E-state index is 11.6. The van der Waals surface area contributed by atoms with Crippen LogP contribution in [0.3, 0.4) is 0 Å². The number of fused-ring (bicyclic) bond motifs is 1. The number of carbonyl (C=O) groups is 1. The molecule has 2 heterocycles. The lowest BCUT2D eigenvalue weighted by Crippen LogP contribution is -2.40. The lowest BCUT2D eigenvalue weighted by Gasteiger charge is -2.29. The Labute approximate surface area is 171 Å². The van der Waals surface area contributed by atoms with Crippen LogP contribution < -0.4 is 15.4 Å². The first-order valence-electron chi connectivity index (χ1n) is 10.8. The van der Waals surface area contributed by atoms with E-state index in [-0.39, 0.29) is 18.1 Å². The van der Waals surface area contributed by atoms with Crippen molar-refractivity contribution in [3.63, 3.8) is 0 Å². The fourth-order valence-corrected chi connectivity index (χ4v) is 4.06. The summed E-state index contributed by atoms with van der Waals surface area (Å²) in [6.45, 7) is 3.39. The first-order chi connectivity index (χ1) is 14.2.